The van der Waals surface area contributed by atoms with Gasteiger partial charge in [-0.2, -0.15) is 0 Å². The third-order valence-corrected chi connectivity index (χ3v) is 5.95. The molecular weight excluding hydrogens is 382 g/mol. The van der Waals surface area contributed by atoms with Crippen LogP contribution in [0.15, 0.2) is 30.3 Å². The van der Waals surface area contributed by atoms with Crippen LogP contribution in [0.4, 0.5) is 0 Å². The van der Waals surface area contributed by atoms with E-state index in [0.717, 1.165) is 12.8 Å². The fourth-order valence-corrected chi connectivity index (χ4v) is 4.18. The van der Waals surface area contributed by atoms with E-state index in [9.17, 15) is 14.4 Å². The van der Waals surface area contributed by atoms with Crippen LogP contribution in [0.5, 0.6) is 0 Å². The Morgan fingerprint density at radius 3 is 2.43 bits per heavy atom. The summed E-state index contributed by atoms with van der Waals surface area (Å²) < 4.78 is 5.36. The number of nitrogens with one attached hydrogen (secondary N) is 2. The quantitative estimate of drug-likeness (QED) is 0.772. The third-order valence-electron chi connectivity index (χ3n) is 5.95. The van der Waals surface area contributed by atoms with E-state index >= 15 is 0 Å². The number of carbonyl (C=O) groups is 3. The maximum Gasteiger partial charge on any atom is 0.239 e. The second-order valence-corrected chi connectivity index (χ2v) is 8.13. The maximum absolute atomic E-state index is 12.9. The van der Waals surface area contributed by atoms with Crippen LogP contribution in [0.3, 0.4) is 0 Å². The number of nitrogens with zero attached hydrogens (tertiary/aromatic N) is 1. The van der Waals surface area contributed by atoms with Crippen molar-refractivity contribution in [1.29, 1.82) is 0 Å². The first kappa shape index (κ1) is 22.3. The van der Waals surface area contributed by atoms with Gasteiger partial charge in [0.1, 0.15) is 0 Å². The molecule has 0 saturated carbocycles. The molecule has 1 aromatic carbocycles. The molecule has 30 heavy (non-hydrogen) atoms. The van der Waals surface area contributed by atoms with Gasteiger partial charge in [-0.1, -0.05) is 30.3 Å². The Morgan fingerprint density at radius 1 is 0.933 bits per heavy atom. The Bertz CT molecular complexity index is 704. The van der Waals surface area contributed by atoms with Crippen LogP contribution in [0.1, 0.15) is 50.0 Å². The Balaban J connectivity index is 1.63. The van der Waals surface area contributed by atoms with Gasteiger partial charge < -0.3 is 20.3 Å². The first-order valence-corrected chi connectivity index (χ1v) is 11.1. The van der Waals surface area contributed by atoms with Gasteiger partial charge in [0.05, 0.1) is 6.54 Å². The molecule has 7 nitrogen and oxygen atoms in total. The Hall–Kier alpha value is -2.41. The molecule has 7 heteroatoms. The summed E-state index contributed by atoms with van der Waals surface area (Å²) in [5.41, 5.74) is 1.18. The number of hydrogen-bond donors (Lipinski definition) is 2. The van der Waals surface area contributed by atoms with Crippen molar-refractivity contribution in [2.45, 2.75) is 44.4 Å². The lowest BCUT2D eigenvalue weighted by molar-refractivity contribution is -0.142. The second kappa shape index (κ2) is 11.7. The molecule has 2 aliphatic rings. The zero-order valence-electron chi connectivity index (χ0n) is 17.6. The number of benzene rings is 1. The zero-order valence-corrected chi connectivity index (χ0v) is 17.6. The van der Waals surface area contributed by atoms with Gasteiger partial charge in [0.25, 0.3) is 0 Å². The zero-order chi connectivity index (χ0) is 21.2. The lowest BCUT2D eigenvalue weighted by Gasteiger charge is -2.29. The summed E-state index contributed by atoms with van der Waals surface area (Å²) in [6, 6.07) is 10.1. The average Bonchev–Trinajstić information content (AvgIpc) is 2.78. The highest BCUT2D eigenvalue weighted by Crippen LogP contribution is 2.24. The molecule has 2 saturated heterocycles. The molecule has 3 rings (SSSR count). The van der Waals surface area contributed by atoms with Crippen molar-refractivity contribution in [3.05, 3.63) is 35.9 Å². The van der Waals surface area contributed by atoms with Gasteiger partial charge in [-0.25, -0.2) is 0 Å². The monoisotopic (exact) mass is 415 g/mol. The van der Waals surface area contributed by atoms with Crippen molar-refractivity contribution in [3.63, 3.8) is 0 Å². The second-order valence-electron chi connectivity index (χ2n) is 8.13. The molecule has 0 aliphatic carbocycles. The predicted octanol–water partition coefficient (Wildman–Crippen LogP) is 1.83. The van der Waals surface area contributed by atoms with E-state index in [-0.39, 0.29) is 36.1 Å². The van der Waals surface area contributed by atoms with Crippen molar-refractivity contribution in [2.75, 3.05) is 39.4 Å². The molecule has 1 aromatic rings. The standard InChI is InChI=1S/C23H33N3O4/c27-21-8-7-19(18-5-2-1-3-6-18)9-13-25-22(28)17-26(14-4-12-24-21)23(29)20-10-15-30-16-11-20/h1-3,5-6,19-20H,4,7-17H2,(H,24,27)(H,25,28). The topological polar surface area (TPSA) is 87.7 Å². The highest BCUT2D eigenvalue weighted by molar-refractivity contribution is 5.86. The van der Waals surface area contributed by atoms with Crippen LogP contribution >= 0.6 is 0 Å². The SMILES string of the molecule is O=C1CCC(c2ccccc2)CCNC(=O)CN(C(=O)C2CCOCC2)CCCN1. The molecule has 0 aromatic heterocycles. The number of rotatable bonds is 2. The van der Waals surface area contributed by atoms with Gasteiger partial charge in [0, 0.05) is 45.2 Å². The highest BCUT2D eigenvalue weighted by Gasteiger charge is 2.27. The Morgan fingerprint density at radius 2 is 1.67 bits per heavy atom. The average molecular weight is 416 g/mol. The van der Waals surface area contributed by atoms with Gasteiger partial charge in [-0.05, 0) is 43.6 Å². The van der Waals surface area contributed by atoms with Crippen LogP contribution < -0.4 is 10.6 Å². The molecular formula is C23H33N3O4. The Labute approximate surface area is 178 Å². The van der Waals surface area contributed by atoms with Crippen molar-refractivity contribution in [3.8, 4) is 0 Å². The third kappa shape index (κ3) is 6.83. The number of amides is 3. The summed E-state index contributed by atoms with van der Waals surface area (Å²) in [6.45, 7) is 2.75. The summed E-state index contributed by atoms with van der Waals surface area (Å²) in [4.78, 5) is 39.4. The molecule has 2 fully saturated rings. The minimum absolute atomic E-state index is 0.0223. The first-order chi connectivity index (χ1) is 14.6. The Kier molecular flexibility index (Phi) is 8.68. The number of hydrogen-bond acceptors (Lipinski definition) is 4. The molecule has 1 unspecified atom stereocenters. The summed E-state index contributed by atoms with van der Waals surface area (Å²) in [7, 11) is 0. The van der Waals surface area contributed by atoms with Gasteiger partial charge in [0.15, 0.2) is 0 Å². The van der Waals surface area contributed by atoms with Gasteiger partial charge in [-0.15, -0.1) is 0 Å². The van der Waals surface area contributed by atoms with Crippen molar-refractivity contribution in [1.82, 2.24) is 15.5 Å². The smallest absolute Gasteiger partial charge is 0.239 e. The minimum atomic E-state index is -0.122. The summed E-state index contributed by atoms with van der Waals surface area (Å²) in [5.74, 6) is 0.0688. The first-order valence-electron chi connectivity index (χ1n) is 11.1. The molecule has 2 heterocycles. The van der Waals surface area contributed by atoms with Crippen LogP contribution in [-0.4, -0.2) is 62.0 Å². The maximum atomic E-state index is 12.9. The summed E-state index contributed by atoms with van der Waals surface area (Å²) in [5, 5.41) is 5.94. The fourth-order valence-electron chi connectivity index (χ4n) is 4.18. The van der Waals surface area contributed by atoms with E-state index in [1.807, 2.05) is 18.2 Å². The molecule has 2 aliphatic heterocycles. The van der Waals surface area contributed by atoms with Gasteiger partial charge in [-0.3, -0.25) is 14.4 Å². The van der Waals surface area contributed by atoms with Gasteiger partial charge in [0.2, 0.25) is 17.7 Å². The van der Waals surface area contributed by atoms with Crippen LogP contribution in [0.2, 0.25) is 0 Å². The van der Waals surface area contributed by atoms with E-state index in [1.165, 1.54) is 5.56 Å². The summed E-state index contributed by atoms with van der Waals surface area (Å²) in [6.07, 6.45) is 4.00. The van der Waals surface area contributed by atoms with E-state index in [0.29, 0.717) is 58.5 Å². The predicted molar refractivity (Wildman–Crippen MR) is 114 cm³/mol. The van der Waals surface area contributed by atoms with Crippen molar-refractivity contribution in [2.24, 2.45) is 5.92 Å². The largest absolute Gasteiger partial charge is 0.381 e. The molecule has 1 atom stereocenters. The van der Waals surface area contributed by atoms with Crippen LogP contribution in [0, 0.1) is 5.92 Å². The molecule has 0 bridgehead atoms. The normalized spacial score (nSPS) is 23.2. The van der Waals surface area contributed by atoms with Crippen LogP contribution in [0.25, 0.3) is 0 Å². The molecule has 0 radical (unpaired) electrons. The molecule has 0 spiro atoms. The molecule has 2 N–H and O–H groups in total. The lowest BCUT2D eigenvalue weighted by Crippen LogP contribution is -2.45. The van der Waals surface area contributed by atoms with Crippen LogP contribution in [-0.2, 0) is 19.1 Å². The van der Waals surface area contributed by atoms with E-state index in [1.54, 1.807) is 4.90 Å². The number of carbonyl (C=O) groups excluding carboxylic acids is 3. The van der Waals surface area contributed by atoms with E-state index < -0.39 is 0 Å². The van der Waals surface area contributed by atoms with E-state index in [2.05, 4.69) is 22.8 Å². The lowest BCUT2D eigenvalue weighted by atomic mass is 9.91. The minimum Gasteiger partial charge on any atom is -0.381 e. The molecule has 3 amide bonds. The molecule has 164 valence electrons. The fraction of sp³-hybridized carbons (Fsp3) is 0.609. The van der Waals surface area contributed by atoms with Crippen molar-refractivity contribution >= 4 is 17.7 Å². The van der Waals surface area contributed by atoms with E-state index in [4.69, 9.17) is 4.74 Å². The number of ether oxygens (including phenoxy) is 1. The van der Waals surface area contributed by atoms with Gasteiger partial charge >= 0.3 is 0 Å². The summed E-state index contributed by atoms with van der Waals surface area (Å²) >= 11 is 0. The highest BCUT2D eigenvalue weighted by atomic mass is 16.5. The van der Waals surface area contributed by atoms with Crippen molar-refractivity contribution < 1.29 is 19.1 Å².